The molecule has 0 bridgehead atoms. The Morgan fingerprint density at radius 3 is 2.58 bits per heavy atom. The van der Waals surface area contributed by atoms with Gasteiger partial charge >= 0.3 is 5.97 Å². The van der Waals surface area contributed by atoms with Gasteiger partial charge in [0.05, 0.1) is 7.11 Å². The van der Waals surface area contributed by atoms with Crippen LogP contribution in [-0.4, -0.2) is 55.6 Å². The zero-order chi connectivity index (χ0) is 16.9. The molecular weight excluding hydrogens is 307 g/mol. The molecule has 132 valence electrons. The molecule has 2 atom stereocenters. The molecule has 2 saturated heterocycles. The van der Waals surface area contributed by atoms with Crippen LogP contribution in [0.4, 0.5) is 4.39 Å². The molecule has 0 amide bonds. The zero-order valence-electron chi connectivity index (χ0n) is 14.4. The van der Waals surface area contributed by atoms with Gasteiger partial charge in [0, 0.05) is 13.1 Å². The number of methoxy groups -OCH3 is 1. The van der Waals surface area contributed by atoms with Crippen molar-refractivity contribution >= 4 is 5.97 Å². The molecule has 4 nitrogen and oxygen atoms in total. The summed E-state index contributed by atoms with van der Waals surface area (Å²) in [6.07, 6.45) is 5.06. The molecule has 0 saturated carbocycles. The monoisotopic (exact) mass is 334 g/mol. The third-order valence-electron chi connectivity index (χ3n) is 5.26. The lowest BCUT2D eigenvalue weighted by molar-refractivity contribution is -0.147. The topological polar surface area (TPSA) is 32.8 Å². The van der Waals surface area contributed by atoms with Crippen molar-refractivity contribution in [3.05, 3.63) is 35.6 Å². The Balaban J connectivity index is 1.65. The smallest absolute Gasteiger partial charge is 0.327 e. The van der Waals surface area contributed by atoms with Gasteiger partial charge in [-0.05, 0) is 62.5 Å². The quantitative estimate of drug-likeness (QED) is 0.775. The first-order valence-electron chi connectivity index (χ1n) is 8.97. The number of likely N-dealkylation sites (tertiary alicyclic amines) is 2. The maximum Gasteiger partial charge on any atom is 0.327 e. The van der Waals surface area contributed by atoms with E-state index in [2.05, 4.69) is 9.80 Å². The van der Waals surface area contributed by atoms with Crippen LogP contribution in [0.25, 0.3) is 0 Å². The lowest BCUT2D eigenvalue weighted by Crippen LogP contribution is -2.37. The molecule has 0 aromatic heterocycles. The summed E-state index contributed by atoms with van der Waals surface area (Å²) >= 11 is 0. The molecule has 0 unspecified atom stereocenters. The highest BCUT2D eigenvalue weighted by atomic mass is 19.1. The van der Waals surface area contributed by atoms with E-state index in [4.69, 9.17) is 4.74 Å². The van der Waals surface area contributed by atoms with E-state index in [1.165, 1.54) is 51.6 Å². The Hall–Kier alpha value is -1.46. The van der Waals surface area contributed by atoms with Gasteiger partial charge in [-0.25, -0.2) is 9.18 Å². The summed E-state index contributed by atoms with van der Waals surface area (Å²) in [5.41, 5.74) is 0.807. The Morgan fingerprint density at radius 1 is 1.21 bits per heavy atom. The van der Waals surface area contributed by atoms with E-state index in [1.807, 2.05) is 0 Å². The van der Waals surface area contributed by atoms with Crippen LogP contribution in [0.5, 0.6) is 0 Å². The van der Waals surface area contributed by atoms with Crippen molar-refractivity contribution in [3.8, 4) is 0 Å². The van der Waals surface area contributed by atoms with E-state index in [0.29, 0.717) is 5.92 Å². The normalized spacial score (nSPS) is 24.0. The molecule has 2 aliphatic rings. The van der Waals surface area contributed by atoms with E-state index in [0.717, 1.165) is 31.6 Å². The van der Waals surface area contributed by atoms with E-state index < -0.39 is 6.04 Å². The summed E-state index contributed by atoms with van der Waals surface area (Å²) in [7, 11) is 1.42. The fraction of sp³-hybridized carbons (Fsp3) is 0.632. The van der Waals surface area contributed by atoms with Crippen LogP contribution < -0.4 is 0 Å². The Kier molecular flexibility index (Phi) is 5.85. The van der Waals surface area contributed by atoms with Gasteiger partial charge < -0.3 is 9.64 Å². The van der Waals surface area contributed by atoms with Crippen LogP contribution in [-0.2, 0) is 9.53 Å². The lowest BCUT2D eigenvalue weighted by Gasteiger charge is -2.30. The fourth-order valence-electron chi connectivity index (χ4n) is 4.01. The molecule has 0 radical (unpaired) electrons. The van der Waals surface area contributed by atoms with Crippen LogP contribution in [0.2, 0.25) is 0 Å². The molecule has 3 rings (SSSR count). The maximum absolute atomic E-state index is 13.2. The standard InChI is InChI=1S/C19H27FN2O2/c1-24-19(23)18(16-5-7-17(20)8-6-16)22-12-9-15(14-22)13-21-10-3-2-4-11-21/h5-8,15,18H,2-4,9-14H2,1H3/t15-,18+/m1/s1. The summed E-state index contributed by atoms with van der Waals surface area (Å²) in [4.78, 5) is 17.1. The number of piperidine rings is 1. The predicted octanol–water partition coefficient (Wildman–Crippen LogP) is 2.85. The molecule has 2 aliphatic heterocycles. The number of ether oxygens (including phenoxy) is 1. The van der Waals surface area contributed by atoms with Crippen molar-refractivity contribution in [2.45, 2.75) is 31.7 Å². The summed E-state index contributed by atoms with van der Waals surface area (Å²) in [6.45, 7) is 5.31. The highest BCUT2D eigenvalue weighted by Gasteiger charge is 2.34. The number of carbonyl (C=O) groups excluding carboxylic acids is 1. The van der Waals surface area contributed by atoms with Crippen molar-refractivity contribution in [3.63, 3.8) is 0 Å². The van der Waals surface area contributed by atoms with E-state index in [1.54, 1.807) is 12.1 Å². The van der Waals surface area contributed by atoms with Crippen molar-refractivity contribution in [1.29, 1.82) is 0 Å². The lowest BCUT2D eigenvalue weighted by atomic mass is 10.0. The highest BCUT2D eigenvalue weighted by Crippen LogP contribution is 2.29. The SMILES string of the molecule is COC(=O)[C@H](c1ccc(F)cc1)N1CC[C@H](CN2CCCCC2)C1. The number of esters is 1. The Labute approximate surface area is 143 Å². The second-order valence-corrected chi connectivity index (χ2v) is 6.99. The third kappa shape index (κ3) is 4.14. The van der Waals surface area contributed by atoms with Crippen molar-refractivity contribution < 1.29 is 13.9 Å². The summed E-state index contributed by atoms with van der Waals surface area (Å²) < 4.78 is 18.2. The number of nitrogens with zero attached hydrogens (tertiary/aromatic N) is 2. The van der Waals surface area contributed by atoms with Gasteiger partial charge in [-0.3, -0.25) is 4.90 Å². The number of carbonyl (C=O) groups is 1. The van der Waals surface area contributed by atoms with Crippen LogP contribution in [0.1, 0.15) is 37.3 Å². The van der Waals surface area contributed by atoms with Crippen LogP contribution in [0, 0.1) is 11.7 Å². The second-order valence-electron chi connectivity index (χ2n) is 6.99. The summed E-state index contributed by atoms with van der Waals surface area (Å²) in [5.74, 6) is 0.0442. The number of hydrogen-bond donors (Lipinski definition) is 0. The number of benzene rings is 1. The molecular formula is C19H27FN2O2. The fourth-order valence-corrected chi connectivity index (χ4v) is 4.01. The van der Waals surface area contributed by atoms with Gasteiger partial charge in [0.1, 0.15) is 11.9 Å². The zero-order valence-corrected chi connectivity index (χ0v) is 14.4. The molecule has 5 heteroatoms. The van der Waals surface area contributed by atoms with Gasteiger partial charge in [0.15, 0.2) is 0 Å². The molecule has 0 spiro atoms. The molecule has 1 aromatic carbocycles. The van der Waals surface area contributed by atoms with Gasteiger partial charge in [-0.15, -0.1) is 0 Å². The molecule has 2 fully saturated rings. The number of halogens is 1. The molecule has 0 aliphatic carbocycles. The third-order valence-corrected chi connectivity index (χ3v) is 5.26. The van der Waals surface area contributed by atoms with Gasteiger partial charge in [0.2, 0.25) is 0 Å². The minimum absolute atomic E-state index is 0.264. The summed E-state index contributed by atoms with van der Waals surface area (Å²) in [6, 6.07) is 5.77. The number of hydrogen-bond acceptors (Lipinski definition) is 4. The number of rotatable bonds is 5. The Morgan fingerprint density at radius 2 is 1.92 bits per heavy atom. The van der Waals surface area contributed by atoms with Crippen molar-refractivity contribution in [2.24, 2.45) is 5.92 Å². The average molecular weight is 334 g/mol. The van der Waals surface area contributed by atoms with Crippen molar-refractivity contribution in [1.82, 2.24) is 9.80 Å². The first kappa shape index (κ1) is 17.4. The van der Waals surface area contributed by atoms with E-state index in [9.17, 15) is 9.18 Å². The van der Waals surface area contributed by atoms with Gasteiger partial charge in [-0.2, -0.15) is 0 Å². The van der Waals surface area contributed by atoms with Gasteiger partial charge in [-0.1, -0.05) is 18.6 Å². The van der Waals surface area contributed by atoms with Crippen LogP contribution in [0.3, 0.4) is 0 Å². The average Bonchev–Trinajstić information content (AvgIpc) is 3.05. The highest BCUT2D eigenvalue weighted by molar-refractivity contribution is 5.77. The predicted molar refractivity (Wildman–Crippen MR) is 91.1 cm³/mol. The molecule has 1 aromatic rings. The minimum atomic E-state index is -0.429. The minimum Gasteiger partial charge on any atom is -0.468 e. The van der Waals surface area contributed by atoms with Gasteiger partial charge in [0.25, 0.3) is 0 Å². The maximum atomic E-state index is 13.2. The largest absolute Gasteiger partial charge is 0.468 e. The van der Waals surface area contributed by atoms with Crippen LogP contribution >= 0.6 is 0 Å². The van der Waals surface area contributed by atoms with E-state index in [-0.39, 0.29) is 11.8 Å². The first-order valence-corrected chi connectivity index (χ1v) is 8.97. The van der Waals surface area contributed by atoms with Crippen LogP contribution in [0.15, 0.2) is 24.3 Å². The van der Waals surface area contributed by atoms with Crippen molar-refractivity contribution in [2.75, 3.05) is 39.8 Å². The molecule has 2 heterocycles. The van der Waals surface area contributed by atoms with E-state index >= 15 is 0 Å². The second kappa shape index (κ2) is 8.08. The molecule has 0 N–H and O–H groups in total. The first-order chi connectivity index (χ1) is 11.7. The Bertz CT molecular complexity index is 543. The summed E-state index contributed by atoms with van der Waals surface area (Å²) in [5, 5.41) is 0. The molecule has 24 heavy (non-hydrogen) atoms.